The number of furan rings is 1. The van der Waals surface area contributed by atoms with Gasteiger partial charge in [-0.2, -0.15) is 0 Å². The van der Waals surface area contributed by atoms with Gasteiger partial charge in [-0.1, -0.05) is 148 Å². The van der Waals surface area contributed by atoms with E-state index in [0.717, 1.165) is 49.6 Å². The molecule has 0 saturated carbocycles. The first-order valence-corrected chi connectivity index (χ1v) is 21.7. The minimum atomic E-state index is -0.573. The van der Waals surface area contributed by atoms with Crippen molar-refractivity contribution >= 4 is 60.8 Å². The summed E-state index contributed by atoms with van der Waals surface area (Å²) in [7, 11) is 0. The molecule has 0 bridgehead atoms. The van der Waals surface area contributed by atoms with Gasteiger partial charge in [0.15, 0.2) is 0 Å². The molecule has 5 heterocycles. The predicted molar refractivity (Wildman–Crippen MR) is 268 cm³/mol. The molecule has 8 nitrogen and oxygen atoms in total. The molecule has 0 radical (unpaired) electrons. The molecule has 0 saturated heterocycles. The number of benzene rings is 8. The Morgan fingerprint density at radius 1 is 0.627 bits per heavy atom. The molecule has 0 aliphatic heterocycles. The Morgan fingerprint density at radius 2 is 1.36 bits per heavy atom. The monoisotopic (exact) mass is 876 g/mol. The van der Waals surface area contributed by atoms with Crippen molar-refractivity contribution in [2.75, 3.05) is 0 Å². The summed E-state index contributed by atoms with van der Waals surface area (Å²) in [6, 6.07) is 36.4. The summed E-state index contributed by atoms with van der Waals surface area (Å²) in [4.78, 5) is 10.1. The highest BCUT2D eigenvalue weighted by molar-refractivity contribution is 6.10. The highest BCUT2D eigenvalue weighted by Gasteiger charge is 2.24. The quantitative estimate of drug-likeness (QED) is 0.118. The number of hydrogen-bond acceptors (Lipinski definition) is 4. The second kappa shape index (κ2) is 14.9. The highest BCUT2D eigenvalue weighted by atomic mass is 16.5. The lowest BCUT2D eigenvalue weighted by atomic mass is 9.88. The van der Waals surface area contributed by atoms with Gasteiger partial charge in [0.25, 0.3) is 6.33 Å². The molecule has 67 heavy (non-hydrogen) atoms. The number of hydrogen-bond donors (Lipinski definition) is 0. The van der Waals surface area contributed by atoms with Gasteiger partial charge in [0.2, 0.25) is 5.78 Å². The van der Waals surface area contributed by atoms with Gasteiger partial charge in [-0.3, -0.25) is 18.1 Å². The molecule has 0 spiro atoms. The summed E-state index contributed by atoms with van der Waals surface area (Å²) >= 11 is 0. The van der Waals surface area contributed by atoms with Gasteiger partial charge in [0.1, 0.15) is 28.5 Å². The van der Waals surface area contributed by atoms with Crippen LogP contribution < -0.4 is 9.30 Å². The van der Waals surface area contributed by atoms with Crippen LogP contribution in [0.4, 0.5) is 0 Å². The molecular weight excluding hydrogens is 825 g/mol. The van der Waals surface area contributed by atoms with Crippen LogP contribution in [0.25, 0.3) is 100 Å². The largest absolute Gasteiger partial charge is 0.458 e. The highest BCUT2D eigenvalue weighted by Crippen LogP contribution is 2.38. The average molecular weight is 877 g/mol. The third-order valence-electron chi connectivity index (χ3n) is 12.3. The molecule has 0 amide bonds. The molecule has 0 aliphatic rings. The first kappa shape index (κ1) is 29.6. The van der Waals surface area contributed by atoms with Crippen molar-refractivity contribution in [2.45, 2.75) is 26.2 Å². The summed E-state index contributed by atoms with van der Waals surface area (Å²) < 4.78 is 108. The minimum Gasteiger partial charge on any atom is -0.458 e. The standard InChI is InChI=1S/C59H42N6O2/c1-59(2,3)40-30-31-60-56(32-40)65-53-34-43(28-29-51(53)64-52-35-47-46-22-10-13-27-54(46)67-55(47)36-48(52)61-58(64)65)66-42-21-14-20-41(33-42)62-37-63(50-26-12-11-25-49(50)62)57-44(38-16-6-4-7-17-38)23-15-24-45(57)39-18-8-5-9-19-39/h4-36H,1-3H3/i4D,5D,6D,7D,8D,9D,16D,17D,18D,19D. The van der Waals surface area contributed by atoms with Gasteiger partial charge in [-0.15, -0.1) is 0 Å². The van der Waals surface area contributed by atoms with E-state index >= 15 is 0 Å². The van der Waals surface area contributed by atoms with Crippen LogP contribution in [0.2, 0.25) is 0 Å². The number of nitrogens with zero attached hydrogens (tertiary/aromatic N) is 6. The van der Waals surface area contributed by atoms with E-state index in [-0.39, 0.29) is 33.4 Å². The summed E-state index contributed by atoms with van der Waals surface area (Å²) in [5.41, 5.74) is 7.82. The summed E-state index contributed by atoms with van der Waals surface area (Å²) in [6.07, 6.45) is 5.27. The fraction of sp³-hybridized carbons (Fsp3) is 0.0678. The van der Waals surface area contributed by atoms with Crippen LogP contribution in [-0.2, 0) is 5.41 Å². The SMILES string of the molecule is [2H]c1c([2H])c([2H])c(-c2cccc(-c3c([2H])c([2H])c([2H])c([2H])c3[2H])c2-[n+]2[c-]n(-c3cccc(Oc4ccc5c(c4)n(-c4cc(C(C)(C)C)ccn4)c4nc6cc7oc8ccccc8c7cc6n54)c3)c3ccccc32)c([2H])c1[2H]. The Bertz CT molecular complexity index is 4540. The summed E-state index contributed by atoms with van der Waals surface area (Å²) in [5.74, 6) is 2.36. The number of ether oxygens (including phenoxy) is 1. The number of pyridine rings is 1. The zero-order valence-corrected chi connectivity index (χ0v) is 36.3. The smallest absolute Gasteiger partial charge is 0.269 e. The van der Waals surface area contributed by atoms with Crippen molar-refractivity contribution in [3.8, 4) is 50.9 Å². The second-order valence-corrected chi connectivity index (χ2v) is 17.4. The fourth-order valence-corrected chi connectivity index (χ4v) is 9.14. The van der Waals surface area contributed by atoms with Crippen molar-refractivity contribution in [1.82, 2.24) is 23.5 Å². The summed E-state index contributed by atoms with van der Waals surface area (Å²) in [6.45, 7) is 6.49. The fourth-order valence-electron chi connectivity index (χ4n) is 9.14. The second-order valence-electron chi connectivity index (χ2n) is 17.4. The van der Waals surface area contributed by atoms with Crippen LogP contribution in [0.5, 0.6) is 11.5 Å². The zero-order valence-electron chi connectivity index (χ0n) is 46.3. The molecule has 13 aromatic rings. The molecule has 8 heteroatoms. The number of imidazole rings is 3. The number of rotatable bonds is 7. The van der Waals surface area contributed by atoms with E-state index in [0.29, 0.717) is 39.8 Å². The Hall–Kier alpha value is -8.75. The Kier molecular flexibility index (Phi) is 6.59. The van der Waals surface area contributed by atoms with E-state index in [2.05, 4.69) is 49.7 Å². The molecule has 320 valence electrons. The molecule has 0 N–H and O–H groups in total. The van der Waals surface area contributed by atoms with Crippen LogP contribution in [0.15, 0.2) is 204 Å². The maximum atomic E-state index is 9.05. The van der Waals surface area contributed by atoms with Gasteiger partial charge in [-0.05, 0) is 87.8 Å². The van der Waals surface area contributed by atoms with E-state index in [1.54, 1.807) is 27.3 Å². The zero-order chi connectivity index (χ0) is 53.5. The lowest BCUT2D eigenvalue weighted by Crippen LogP contribution is -2.31. The molecule has 0 unspecified atom stereocenters. The maximum Gasteiger partial charge on any atom is 0.269 e. The Morgan fingerprint density at radius 3 is 2.15 bits per heavy atom. The van der Waals surface area contributed by atoms with Crippen LogP contribution in [0.3, 0.4) is 0 Å². The molecule has 0 atom stereocenters. The molecular formula is C59H42N6O2. The Balaban J connectivity index is 0.976. The topological polar surface area (TPSA) is 66.3 Å². The third-order valence-corrected chi connectivity index (χ3v) is 12.3. The predicted octanol–water partition coefficient (Wildman–Crippen LogP) is 14.2. The van der Waals surface area contributed by atoms with Crippen LogP contribution >= 0.6 is 0 Å². The first-order chi connectivity index (χ1) is 37.0. The molecule has 13 rings (SSSR count). The van der Waals surface area contributed by atoms with E-state index in [1.807, 2.05) is 108 Å². The lowest BCUT2D eigenvalue weighted by molar-refractivity contribution is -0.571. The van der Waals surface area contributed by atoms with Gasteiger partial charge < -0.3 is 9.15 Å². The van der Waals surface area contributed by atoms with Crippen LogP contribution in [0, 0.1) is 6.33 Å². The van der Waals surface area contributed by atoms with E-state index in [9.17, 15) is 0 Å². The first-order valence-electron chi connectivity index (χ1n) is 26.7. The number of para-hydroxylation sites is 4. The van der Waals surface area contributed by atoms with Gasteiger partial charge in [0, 0.05) is 29.1 Å². The van der Waals surface area contributed by atoms with E-state index in [4.69, 9.17) is 32.8 Å². The van der Waals surface area contributed by atoms with Crippen molar-refractivity contribution in [3.05, 3.63) is 212 Å². The van der Waals surface area contributed by atoms with Gasteiger partial charge in [0.05, 0.1) is 58.2 Å². The average Bonchev–Trinajstić information content (AvgIpc) is 4.41. The van der Waals surface area contributed by atoms with Gasteiger partial charge in [-0.25, -0.2) is 9.97 Å². The van der Waals surface area contributed by atoms with Crippen molar-refractivity contribution in [3.63, 3.8) is 0 Å². The van der Waals surface area contributed by atoms with Crippen molar-refractivity contribution in [2.24, 2.45) is 0 Å². The van der Waals surface area contributed by atoms with Crippen molar-refractivity contribution in [1.29, 1.82) is 0 Å². The normalized spacial score (nSPS) is 14.2. The number of aromatic nitrogens is 6. The minimum absolute atomic E-state index is 0.139. The molecule has 5 aromatic heterocycles. The Labute approximate surface area is 399 Å². The number of fused-ring (bicyclic) bond motifs is 9. The van der Waals surface area contributed by atoms with Crippen LogP contribution in [0.1, 0.15) is 40.0 Å². The molecule has 0 aliphatic carbocycles. The van der Waals surface area contributed by atoms with Crippen molar-refractivity contribution < 1.29 is 27.4 Å². The lowest BCUT2D eigenvalue weighted by Gasteiger charge is -2.19. The van der Waals surface area contributed by atoms with E-state index < -0.39 is 60.4 Å². The third kappa shape index (κ3) is 6.32. The van der Waals surface area contributed by atoms with Gasteiger partial charge >= 0.3 is 0 Å². The molecule has 8 aromatic carbocycles. The maximum absolute atomic E-state index is 9.05. The van der Waals surface area contributed by atoms with Crippen LogP contribution in [-0.4, -0.2) is 23.5 Å². The summed E-state index contributed by atoms with van der Waals surface area (Å²) in [5, 5.41) is 1.99. The van der Waals surface area contributed by atoms with E-state index in [1.165, 1.54) is 0 Å². The molecule has 0 fully saturated rings.